The molecule has 30 heavy (non-hydrogen) atoms. The zero-order valence-corrected chi connectivity index (χ0v) is 20.1. The molecule has 0 spiro atoms. The second kappa shape index (κ2) is 21.8. The number of carbonyl (C=O) groups excluding carboxylic acids is 1. The molecule has 0 radical (unpaired) electrons. The largest absolute Gasteiger partial charge is 0.325 e. The predicted molar refractivity (Wildman–Crippen MR) is 124 cm³/mol. The molecule has 0 atom stereocenters. The Labute approximate surface area is 184 Å². The van der Waals surface area contributed by atoms with E-state index in [4.69, 9.17) is 15.0 Å². The monoisotopic (exact) mass is 449 g/mol. The van der Waals surface area contributed by atoms with Crippen LogP contribution in [0, 0.1) is 0 Å². The van der Waals surface area contributed by atoms with E-state index in [1.165, 1.54) is 96.3 Å². The summed E-state index contributed by atoms with van der Waals surface area (Å²) in [6.07, 6.45) is 24.8. The van der Waals surface area contributed by atoms with E-state index in [0.717, 1.165) is 25.7 Å². The van der Waals surface area contributed by atoms with E-state index in [-0.39, 0.29) is 12.1 Å². The maximum Gasteiger partial charge on any atom is 0.325 e. The molecule has 180 valence electrons. The van der Waals surface area contributed by atoms with Gasteiger partial charge in [0.25, 0.3) is 0 Å². The van der Waals surface area contributed by atoms with Gasteiger partial charge in [0.1, 0.15) is 0 Å². The van der Waals surface area contributed by atoms with Gasteiger partial charge in [-0.1, -0.05) is 116 Å². The first kappa shape index (κ1) is 29.6. The summed E-state index contributed by atoms with van der Waals surface area (Å²) < 4.78 is 10.7. The van der Waals surface area contributed by atoms with Crippen molar-refractivity contribution in [2.75, 3.05) is 6.16 Å². The summed E-state index contributed by atoms with van der Waals surface area (Å²) in [4.78, 5) is 28.4. The third-order valence-corrected chi connectivity index (χ3v) is 6.63. The van der Waals surface area contributed by atoms with Crippen LogP contribution in [0.4, 0.5) is 0 Å². The van der Waals surface area contributed by atoms with Crippen molar-refractivity contribution in [1.29, 1.82) is 0 Å². The molecule has 0 saturated heterocycles. The Kier molecular flexibility index (Phi) is 21.5. The lowest BCUT2D eigenvalue weighted by molar-refractivity contribution is -0.129. The second-order valence-electron chi connectivity index (χ2n) is 8.74. The molecule has 7 heteroatoms. The number of amides is 1. The summed E-state index contributed by atoms with van der Waals surface area (Å²) in [6.45, 7) is 0. The number of unbranched alkanes of at least 4 members (excludes halogenated alkanes) is 19. The highest BCUT2D eigenvalue weighted by atomic mass is 31.2. The van der Waals surface area contributed by atoms with Crippen LogP contribution in [-0.2, 0) is 9.36 Å². The van der Waals surface area contributed by atoms with E-state index in [1.807, 2.05) is 0 Å². The van der Waals surface area contributed by atoms with Crippen molar-refractivity contribution < 1.29 is 24.4 Å². The molecule has 0 bridgehead atoms. The standard InChI is InChI=1S/C23H48NO5P/c25-23(24-26)21-19-17-15-13-11-9-7-5-3-1-2-4-6-8-10-12-14-16-18-20-22-30(27,28)29/h26H,1-22H2,(H,24,25)(H2,27,28,29). The van der Waals surface area contributed by atoms with Crippen molar-refractivity contribution in [3.8, 4) is 0 Å². The third-order valence-electron chi connectivity index (χ3n) is 5.73. The lowest BCUT2D eigenvalue weighted by Gasteiger charge is -2.05. The van der Waals surface area contributed by atoms with Crippen LogP contribution in [0.15, 0.2) is 0 Å². The van der Waals surface area contributed by atoms with E-state index < -0.39 is 7.60 Å². The average molecular weight is 450 g/mol. The van der Waals surface area contributed by atoms with E-state index in [2.05, 4.69) is 0 Å². The lowest BCUT2D eigenvalue weighted by atomic mass is 10.0. The van der Waals surface area contributed by atoms with Crippen LogP contribution in [0.5, 0.6) is 0 Å². The van der Waals surface area contributed by atoms with Gasteiger partial charge in [-0.3, -0.25) is 14.6 Å². The summed E-state index contributed by atoms with van der Waals surface area (Å²) >= 11 is 0. The number of hydrogen-bond donors (Lipinski definition) is 4. The van der Waals surface area contributed by atoms with Gasteiger partial charge in [0.05, 0.1) is 0 Å². The predicted octanol–water partition coefficient (Wildman–Crippen LogP) is 6.86. The number of nitrogens with one attached hydrogen (secondary N) is 1. The Balaban J connectivity index is 3.07. The maximum atomic E-state index is 10.9. The zero-order valence-electron chi connectivity index (χ0n) is 19.2. The Hall–Kier alpha value is -0.420. The van der Waals surface area contributed by atoms with Gasteiger partial charge in [0, 0.05) is 12.6 Å². The van der Waals surface area contributed by atoms with Crippen LogP contribution in [0.25, 0.3) is 0 Å². The molecular weight excluding hydrogens is 401 g/mol. The minimum Gasteiger partial charge on any atom is -0.324 e. The van der Waals surface area contributed by atoms with Crippen LogP contribution < -0.4 is 5.48 Å². The number of hydroxylamine groups is 1. The number of hydrogen-bond acceptors (Lipinski definition) is 3. The molecular formula is C23H48NO5P. The van der Waals surface area contributed by atoms with Crippen LogP contribution in [-0.4, -0.2) is 27.1 Å². The fraction of sp³-hybridized carbons (Fsp3) is 0.957. The number of carbonyl (C=O) groups is 1. The molecule has 0 aliphatic heterocycles. The van der Waals surface area contributed by atoms with E-state index in [0.29, 0.717) is 12.8 Å². The third kappa shape index (κ3) is 25.6. The SMILES string of the molecule is O=C(CCCCCCCCCCCCCCCCCCCCCCP(=O)(O)O)NO. The Morgan fingerprint density at radius 2 is 0.800 bits per heavy atom. The molecule has 0 aromatic rings. The van der Waals surface area contributed by atoms with Crippen LogP contribution in [0.2, 0.25) is 0 Å². The van der Waals surface area contributed by atoms with Crippen LogP contribution >= 0.6 is 7.60 Å². The quantitative estimate of drug-likeness (QED) is 0.0590. The molecule has 0 unspecified atom stereocenters. The molecule has 1 amide bonds. The van der Waals surface area contributed by atoms with Gasteiger partial charge in [-0.15, -0.1) is 0 Å². The molecule has 0 saturated carbocycles. The smallest absolute Gasteiger partial charge is 0.324 e. The van der Waals surface area contributed by atoms with E-state index in [1.54, 1.807) is 5.48 Å². The summed E-state index contributed by atoms with van der Waals surface area (Å²) in [6, 6.07) is 0. The van der Waals surface area contributed by atoms with Gasteiger partial charge >= 0.3 is 7.60 Å². The highest BCUT2D eigenvalue weighted by molar-refractivity contribution is 7.51. The second-order valence-corrected chi connectivity index (χ2v) is 10.5. The zero-order chi connectivity index (χ0) is 22.3. The molecule has 0 rings (SSSR count). The van der Waals surface area contributed by atoms with Crippen molar-refractivity contribution in [3.63, 3.8) is 0 Å². The Morgan fingerprint density at radius 1 is 0.533 bits per heavy atom. The van der Waals surface area contributed by atoms with Crippen LogP contribution in [0.1, 0.15) is 135 Å². The van der Waals surface area contributed by atoms with Gasteiger partial charge in [-0.05, 0) is 12.8 Å². The minimum absolute atomic E-state index is 0.0437. The molecule has 0 aromatic heterocycles. The molecule has 0 heterocycles. The van der Waals surface area contributed by atoms with Crippen molar-refractivity contribution in [2.24, 2.45) is 0 Å². The fourth-order valence-electron chi connectivity index (χ4n) is 3.84. The van der Waals surface area contributed by atoms with Crippen molar-refractivity contribution >= 4 is 13.5 Å². The molecule has 0 aromatic carbocycles. The summed E-state index contributed by atoms with van der Waals surface area (Å²) in [5.74, 6) is -0.277. The molecule has 0 aliphatic rings. The first-order chi connectivity index (χ1) is 14.5. The van der Waals surface area contributed by atoms with Gasteiger partial charge in [-0.25, -0.2) is 5.48 Å². The van der Waals surface area contributed by atoms with Crippen molar-refractivity contribution in [3.05, 3.63) is 0 Å². The topological polar surface area (TPSA) is 107 Å². The van der Waals surface area contributed by atoms with Crippen molar-refractivity contribution in [2.45, 2.75) is 135 Å². The molecule has 0 fully saturated rings. The van der Waals surface area contributed by atoms with Gasteiger partial charge < -0.3 is 9.79 Å². The van der Waals surface area contributed by atoms with Crippen molar-refractivity contribution in [1.82, 2.24) is 5.48 Å². The van der Waals surface area contributed by atoms with E-state index >= 15 is 0 Å². The summed E-state index contributed by atoms with van der Waals surface area (Å²) in [7, 11) is -3.78. The maximum absolute atomic E-state index is 10.9. The van der Waals surface area contributed by atoms with Gasteiger partial charge in [0.15, 0.2) is 0 Å². The lowest BCUT2D eigenvalue weighted by Crippen LogP contribution is -2.17. The molecule has 6 nitrogen and oxygen atoms in total. The first-order valence-electron chi connectivity index (χ1n) is 12.4. The average Bonchev–Trinajstić information content (AvgIpc) is 2.70. The summed E-state index contributed by atoms with van der Waals surface area (Å²) in [5, 5.41) is 8.40. The number of rotatable bonds is 23. The summed E-state index contributed by atoms with van der Waals surface area (Å²) in [5.41, 5.74) is 1.67. The Morgan fingerprint density at radius 3 is 1.07 bits per heavy atom. The highest BCUT2D eigenvalue weighted by Crippen LogP contribution is 2.35. The highest BCUT2D eigenvalue weighted by Gasteiger charge is 2.10. The normalized spacial score (nSPS) is 11.7. The first-order valence-corrected chi connectivity index (χ1v) is 14.2. The van der Waals surface area contributed by atoms with Gasteiger partial charge in [-0.2, -0.15) is 0 Å². The fourth-order valence-corrected chi connectivity index (χ4v) is 4.48. The van der Waals surface area contributed by atoms with E-state index in [9.17, 15) is 9.36 Å². The van der Waals surface area contributed by atoms with Gasteiger partial charge in [0.2, 0.25) is 5.91 Å². The molecule has 0 aliphatic carbocycles. The van der Waals surface area contributed by atoms with Crippen LogP contribution in [0.3, 0.4) is 0 Å². The molecule has 4 N–H and O–H groups in total. The Bertz CT molecular complexity index is 428. The minimum atomic E-state index is -3.78.